The molecule has 0 saturated carbocycles. The van der Waals surface area contributed by atoms with E-state index < -0.39 is 0 Å². The highest BCUT2D eigenvalue weighted by molar-refractivity contribution is 5.73. The van der Waals surface area contributed by atoms with Crippen molar-refractivity contribution in [3.8, 4) is 0 Å². The van der Waals surface area contributed by atoms with E-state index in [0.717, 1.165) is 19.4 Å². The molecule has 1 saturated heterocycles. The number of rotatable bonds is 2. The molecule has 1 aliphatic heterocycles. The zero-order valence-electron chi connectivity index (χ0n) is 9.39. The largest absolute Gasteiger partial charge is 0.338 e. The molecule has 1 amide bonds. The van der Waals surface area contributed by atoms with Crippen molar-refractivity contribution in [2.24, 2.45) is 5.92 Å². The number of benzene rings is 1. The molecule has 0 aromatic heterocycles. The molecule has 2 nitrogen and oxygen atoms in total. The van der Waals surface area contributed by atoms with Crippen LogP contribution in [0.3, 0.4) is 0 Å². The Morgan fingerprint density at radius 3 is 2.94 bits per heavy atom. The van der Waals surface area contributed by atoms with Gasteiger partial charge in [-0.15, -0.1) is 0 Å². The fourth-order valence-corrected chi connectivity index (χ4v) is 2.90. The van der Waals surface area contributed by atoms with Crippen LogP contribution in [-0.2, 0) is 4.79 Å². The van der Waals surface area contributed by atoms with E-state index in [4.69, 9.17) is 0 Å². The Kier molecular flexibility index (Phi) is 2.10. The summed E-state index contributed by atoms with van der Waals surface area (Å²) in [6.45, 7) is 3.02. The van der Waals surface area contributed by atoms with E-state index in [0.29, 0.717) is 12.0 Å². The van der Waals surface area contributed by atoms with Gasteiger partial charge in [-0.3, -0.25) is 4.79 Å². The summed E-state index contributed by atoms with van der Waals surface area (Å²) in [5.74, 6) is 0.553. The normalized spacial score (nSPS) is 27.1. The summed E-state index contributed by atoms with van der Waals surface area (Å²) in [4.78, 5) is 12.7. The zero-order chi connectivity index (χ0) is 11.1. The first-order valence-corrected chi connectivity index (χ1v) is 5.78. The molecule has 2 bridgehead atoms. The van der Waals surface area contributed by atoms with Gasteiger partial charge in [-0.2, -0.15) is 0 Å². The molecule has 2 atom stereocenters. The van der Waals surface area contributed by atoms with Gasteiger partial charge in [0.2, 0.25) is 6.41 Å². The second-order valence-corrected chi connectivity index (χ2v) is 4.79. The van der Waals surface area contributed by atoms with Crippen molar-refractivity contribution in [3.63, 3.8) is 0 Å². The number of nitrogens with zero attached hydrogens (tertiary/aromatic N) is 1. The van der Waals surface area contributed by atoms with Gasteiger partial charge in [-0.1, -0.05) is 35.9 Å². The minimum absolute atomic E-state index is 0.345. The minimum Gasteiger partial charge on any atom is -0.338 e. The van der Waals surface area contributed by atoms with Gasteiger partial charge in [0.15, 0.2) is 0 Å². The average Bonchev–Trinajstić information content (AvgIpc) is 2.87. The number of carbonyl (C=O) groups excluding carboxylic acids is 1. The van der Waals surface area contributed by atoms with Crippen LogP contribution in [0.5, 0.6) is 0 Å². The first-order valence-electron chi connectivity index (χ1n) is 5.78. The van der Waals surface area contributed by atoms with Crippen LogP contribution in [-0.4, -0.2) is 23.9 Å². The van der Waals surface area contributed by atoms with Crippen LogP contribution in [0.2, 0.25) is 0 Å². The molecule has 16 heavy (non-hydrogen) atoms. The van der Waals surface area contributed by atoms with E-state index in [9.17, 15) is 4.79 Å². The maximum absolute atomic E-state index is 10.8. The molecule has 0 N–H and O–H groups in total. The van der Waals surface area contributed by atoms with Gasteiger partial charge in [0.25, 0.3) is 0 Å². The van der Waals surface area contributed by atoms with Gasteiger partial charge < -0.3 is 4.90 Å². The van der Waals surface area contributed by atoms with E-state index in [2.05, 4.69) is 37.3 Å². The molecule has 2 unspecified atom stereocenters. The Bertz CT molecular complexity index is 464. The third-order valence-electron chi connectivity index (χ3n) is 3.68. The van der Waals surface area contributed by atoms with Crippen LogP contribution < -0.4 is 0 Å². The first-order chi connectivity index (χ1) is 7.78. The molecule has 1 aliphatic carbocycles. The van der Waals surface area contributed by atoms with E-state index >= 15 is 0 Å². The highest BCUT2D eigenvalue weighted by atomic mass is 16.1. The monoisotopic (exact) mass is 213 g/mol. The van der Waals surface area contributed by atoms with E-state index in [1.165, 1.54) is 16.7 Å². The van der Waals surface area contributed by atoms with Crippen molar-refractivity contribution in [2.45, 2.75) is 19.4 Å². The standard InChI is InChI=1S/C14H15NO/c1-10-3-2-4-11(5-10)14-7-13-6-12(14)8-15(13)9-16/h2-5,7,9,12-13H,6,8H2,1H3. The van der Waals surface area contributed by atoms with Crippen LogP contribution in [0.15, 0.2) is 30.3 Å². The Morgan fingerprint density at radius 2 is 2.31 bits per heavy atom. The lowest BCUT2D eigenvalue weighted by Crippen LogP contribution is -2.28. The van der Waals surface area contributed by atoms with Crippen LogP contribution in [0.25, 0.3) is 5.57 Å². The molecule has 2 aliphatic rings. The first kappa shape index (κ1) is 9.64. The molecule has 82 valence electrons. The van der Waals surface area contributed by atoms with Gasteiger partial charge in [0.05, 0.1) is 6.04 Å². The average molecular weight is 213 g/mol. The lowest BCUT2D eigenvalue weighted by Gasteiger charge is -2.22. The topological polar surface area (TPSA) is 20.3 Å². The van der Waals surface area contributed by atoms with Crippen LogP contribution in [0, 0.1) is 12.8 Å². The number of hydrogen-bond donors (Lipinski definition) is 0. The van der Waals surface area contributed by atoms with Gasteiger partial charge in [0, 0.05) is 12.5 Å². The minimum atomic E-state index is 0.345. The van der Waals surface area contributed by atoms with Crippen molar-refractivity contribution < 1.29 is 4.79 Å². The van der Waals surface area contributed by atoms with Gasteiger partial charge >= 0.3 is 0 Å². The fourth-order valence-electron chi connectivity index (χ4n) is 2.90. The van der Waals surface area contributed by atoms with Crippen molar-refractivity contribution in [2.75, 3.05) is 6.54 Å². The van der Waals surface area contributed by atoms with Gasteiger partial charge in [0.1, 0.15) is 0 Å². The summed E-state index contributed by atoms with van der Waals surface area (Å²) in [5.41, 5.74) is 4.07. The number of likely N-dealkylation sites (tertiary alicyclic amines) is 1. The summed E-state index contributed by atoms with van der Waals surface area (Å²) in [5, 5.41) is 0. The Balaban J connectivity index is 1.94. The Morgan fingerprint density at radius 1 is 1.44 bits per heavy atom. The predicted molar refractivity (Wildman–Crippen MR) is 63.8 cm³/mol. The molecule has 1 fully saturated rings. The summed E-state index contributed by atoms with van der Waals surface area (Å²) < 4.78 is 0. The quantitative estimate of drug-likeness (QED) is 0.690. The Hall–Kier alpha value is -1.57. The third-order valence-corrected chi connectivity index (χ3v) is 3.68. The van der Waals surface area contributed by atoms with Crippen LogP contribution >= 0.6 is 0 Å². The third kappa shape index (κ3) is 1.37. The van der Waals surface area contributed by atoms with Crippen molar-refractivity contribution in [1.82, 2.24) is 4.90 Å². The molecule has 0 radical (unpaired) electrons. The highest BCUT2D eigenvalue weighted by Gasteiger charge is 2.38. The summed E-state index contributed by atoms with van der Waals surface area (Å²) in [6.07, 6.45) is 4.35. The number of hydrogen-bond acceptors (Lipinski definition) is 1. The summed E-state index contributed by atoms with van der Waals surface area (Å²) in [6, 6.07) is 8.98. The molecule has 2 heteroatoms. The van der Waals surface area contributed by atoms with Gasteiger partial charge in [-0.05, 0) is 24.5 Å². The second kappa shape index (κ2) is 3.48. The van der Waals surface area contributed by atoms with E-state index in [1.807, 2.05) is 4.90 Å². The number of carbonyl (C=O) groups is 1. The maximum atomic E-state index is 10.8. The predicted octanol–water partition coefficient (Wildman–Crippen LogP) is 2.24. The molecule has 1 aromatic rings. The van der Waals surface area contributed by atoms with Crippen LogP contribution in [0.4, 0.5) is 0 Å². The van der Waals surface area contributed by atoms with Crippen molar-refractivity contribution >= 4 is 12.0 Å². The lowest BCUT2D eigenvalue weighted by atomic mass is 9.94. The van der Waals surface area contributed by atoms with Crippen LogP contribution in [0.1, 0.15) is 17.5 Å². The summed E-state index contributed by atoms with van der Waals surface area (Å²) in [7, 11) is 0. The van der Waals surface area contributed by atoms with Gasteiger partial charge in [-0.25, -0.2) is 0 Å². The van der Waals surface area contributed by atoms with Crippen molar-refractivity contribution in [3.05, 3.63) is 41.5 Å². The molecule has 1 heterocycles. The fraction of sp³-hybridized carbons (Fsp3) is 0.357. The number of amides is 1. The summed E-state index contributed by atoms with van der Waals surface area (Å²) >= 11 is 0. The van der Waals surface area contributed by atoms with E-state index in [1.54, 1.807) is 0 Å². The maximum Gasteiger partial charge on any atom is 0.210 e. The van der Waals surface area contributed by atoms with E-state index in [-0.39, 0.29) is 0 Å². The highest BCUT2D eigenvalue weighted by Crippen LogP contribution is 2.41. The Labute approximate surface area is 95.6 Å². The second-order valence-electron chi connectivity index (χ2n) is 4.79. The molecular weight excluding hydrogens is 198 g/mol. The lowest BCUT2D eigenvalue weighted by molar-refractivity contribution is -0.118. The number of fused-ring (bicyclic) bond motifs is 2. The smallest absolute Gasteiger partial charge is 0.210 e. The molecule has 3 rings (SSSR count). The number of aryl methyl sites for hydroxylation is 1. The molecule has 1 aromatic carbocycles. The zero-order valence-corrected chi connectivity index (χ0v) is 9.39. The molecule has 0 spiro atoms. The molecular formula is C14H15NO. The van der Waals surface area contributed by atoms with Crippen molar-refractivity contribution in [1.29, 1.82) is 0 Å². The SMILES string of the molecule is Cc1cccc(C2=CC3CC2CN3C=O)c1.